The summed E-state index contributed by atoms with van der Waals surface area (Å²) in [6.45, 7) is 0.973. The van der Waals surface area contributed by atoms with Crippen LogP contribution in [0, 0.1) is 0 Å². The van der Waals surface area contributed by atoms with E-state index in [0.29, 0.717) is 24.0 Å². The number of hydrogen-bond donors (Lipinski definition) is 3. The Morgan fingerprint density at radius 1 is 1.23 bits per heavy atom. The molecule has 0 radical (unpaired) electrons. The van der Waals surface area contributed by atoms with E-state index in [1.165, 1.54) is 22.7 Å². The lowest BCUT2D eigenvalue weighted by Crippen LogP contribution is -2.52. The number of alkyl halides is 5. The molecule has 4 heterocycles. The van der Waals surface area contributed by atoms with Gasteiger partial charge in [-0.2, -0.15) is 13.2 Å². The lowest BCUT2D eigenvalue weighted by atomic mass is 9.97. The van der Waals surface area contributed by atoms with Gasteiger partial charge in [-0.3, -0.25) is 4.40 Å². The zero-order chi connectivity index (χ0) is 22.4. The number of aliphatic hydroxyl groups is 1. The average Bonchev–Trinajstić information content (AvgIpc) is 3.12. The van der Waals surface area contributed by atoms with E-state index in [9.17, 15) is 27.1 Å². The summed E-state index contributed by atoms with van der Waals surface area (Å²) in [7, 11) is 0. The summed E-state index contributed by atoms with van der Waals surface area (Å²) in [5.41, 5.74) is -2.40. The first-order valence-electron chi connectivity index (χ1n) is 9.58. The van der Waals surface area contributed by atoms with Crippen molar-refractivity contribution in [3.8, 4) is 11.4 Å². The van der Waals surface area contributed by atoms with Crippen molar-refractivity contribution < 1.29 is 27.1 Å². The number of pyridine rings is 2. The predicted octanol–water partition coefficient (Wildman–Crippen LogP) is 3.58. The quantitative estimate of drug-likeness (QED) is 0.540. The van der Waals surface area contributed by atoms with E-state index in [1.54, 1.807) is 12.1 Å². The second-order valence-corrected chi connectivity index (χ2v) is 7.68. The first kappa shape index (κ1) is 21.4. The minimum absolute atomic E-state index is 0.0738. The van der Waals surface area contributed by atoms with Crippen molar-refractivity contribution in [2.24, 2.45) is 0 Å². The molecule has 0 aliphatic carbocycles. The summed E-state index contributed by atoms with van der Waals surface area (Å²) in [6, 6.07) is 6.12. The summed E-state index contributed by atoms with van der Waals surface area (Å²) >= 11 is 0. The monoisotopic (exact) mass is 441 g/mol. The zero-order valence-corrected chi connectivity index (χ0v) is 16.4. The Balaban J connectivity index is 1.69. The van der Waals surface area contributed by atoms with E-state index in [4.69, 9.17) is 0 Å². The summed E-state index contributed by atoms with van der Waals surface area (Å²) in [5.74, 6) is -2.69. The first-order valence-corrected chi connectivity index (χ1v) is 9.58. The SMILES string of the molecule is CC(O)(c1ccc2ncc(-c3cccc(NC4CNCCC4(F)F)n3)n2c1)C(F)(F)F. The van der Waals surface area contributed by atoms with Gasteiger partial charge in [0.2, 0.25) is 0 Å². The highest BCUT2D eigenvalue weighted by atomic mass is 19.4. The minimum atomic E-state index is -4.87. The number of nitrogens with one attached hydrogen (secondary N) is 2. The van der Waals surface area contributed by atoms with Gasteiger partial charge < -0.3 is 15.7 Å². The van der Waals surface area contributed by atoms with E-state index in [1.807, 2.05) is 0 Å². The topological polar surface area (TPSA) is 74.5 Å². The Bertz CT molecular complexity index is 1090. The van der Waals surface area contributed by atoms with E-state index in [0.717, 1.165) is 12.3 Å². The van der Waals surface area contributed by atoms with E-state index in [2.05, 4.69) is 20.6 Å². The highest BCUT2D eigenvalue weighted by Crippen LogP contribution is 2.38. The van der Waals surface area contributed by atoms with Crippen molar-refractivity contribution in [3.05, 3.63) is 48.3 Å². The van der Waals surface area contributed by atoms with Crippen molar-refractivity contribution in [2.45, 2.75) is 37.1 Å². The Hall–Kier alpha value is -2.79. The van der Waals surface area contributed by atoms with Crippen molar-refractivity contribution in [2.75, 3.05) is 18.4 Å². The molecule has 1 aliphatic heterocycles. The van der Waals surface area contributed by atoms with Gasteiger partial charge in [-0.15, -0.1) is 0 Å². The first-order chi connectivity index (χ1) is 14.5. The molecule has 6 nitrogen and oxygen atoms in total. The number of hydrogen-bond acceptors (Lipinski definition) is 5. The number of halogens is 5. The smallest absolute Gasteiger partial charge is 0.376 e. The number of rotatable bonds is 4. The Kier molecular flexibility index (Phi) is 5.13. The van der Waals surface area contributed by atoms with Crippen LogP contribution in [0.1, 0.15) is 18.9 Å². The van der Waals surface area contributed by atoms with Crippen LogP contribution >= 0.6 is 0 Å². The molecule has 31 heavy (non-hydrogen) atoms. The molecule has 0 bridgehead atoms. The fourth-order valence-electron chi connectivity index (χ4n) is 3.44. The van der Waals surface area contributed by atoms with Crippen molar-refractivity contribution in [1.82, 2.24) is 19.7 Å². The van der Waals surface area contributed by atoms with Crippen LogP contribution in [-0.4, -0.2) is 50.7 Å². The van der Waals surface area contributed by atoms with E-state index < -0.39 is 23.7 Å². The van der Waals surface area contributed by atoms with Gasteiger partial charge in [-0.25, -0.2) is 18.7 Å². The van der Waals surface area contributed by atoms with Gasteiger partial charge in [-0.05, 0) is 25.1 Å². The minimum Gasteiger partial charge on any atom is -0.376 e. The van der Waals surface area contributed by atoms with E-state index in [-0.39, 0.29) is 30.9 Å². The molecule has 0 amide bonds. The van der Waals surface area contributed by atoms with Crippen LogP contribution in [0.15, 0.2) is 42.7 Å². The molecule has 1 aliphatic rings. The summed E-state index contributed by atoms with van der Waals surface area (Å²) in [5, 5.41) is 15.6. The highest BCUT2D eigenvalue weighted by molar-refractivity contribution is 5.62. The zero-order valence-electron chi connectivity index (χ0n) is 16.4. The molecule has 2 atom stereocenters. The number of fused-ring (bicyclic) bond motifs is 1. The van der Waals surface area contributed by atoms with Crippen LogP contribution in [0.2, 0.25) is 0 Å². The molecule has 0 saturated carbocycles. The fourth-order valence-corrected chi connectivity index (χ4v) is 3.44. The maximum absolute atomic E-state index is 14.1. The third kappa shape index (κ3) is 3.94. The molecule has 1 fully saturated rings. The van der Waals surface area contributed by atoms with Gasteiger partial charge in [0.15, 0.2) is 5.60 Å². The number of imidazole rings is 1. The Morgan fingerprint density at radius 2 is 2.00 bits per heavy atom. The summed E-state index contributed by atoms with van der Waals surface area (Å²) in [6.07, 6.45) is -2.60. The third-order valence-corrected chi connectivity index (χ3v) is 5.45. The van der Waals surface area contributed by atoms with Crippen LogP contribution in [0.3, 0.4) is 0 Å². The average molecular weight is 441 g/mol. The van der Waals surface area contributed by atoms with Crippen LogP contribution < -0.4 is 10.6 Å². The molecular formula is C20H20F5N5O. The molecular weight excluding hydrogens is 421 g/mol. The molecule has 3 aromatic rings. The predicted molar refractivity (Wildman–Crippen MR) is 104 cm³/mol. The van der Waals surface area contributed by atoms with Crippen LogP contribution in [-0.2, 0) is 5.60 Å². The lowest BCUT2D eigenvalue weighted by molar-refractivity contribution is -0.259. The molecule has 166 valence electrons. The van der Waals surface area contributed by atoms with Gasteiger partial charge in [0.25, 0.3) is 5.92 Å². The maximum Gasteiger partial charge on any atom is 0.421 e. The summed E-state index contributed by atoms with van der Waals surface area (Å²) < 4.78 is 69.4. The van der Waals surface area contributed by atoms with Crippen LogP contribution in [0.5, 0.6) is 0 Å². The molecule has 3 aromatic heterocycles. The Morgan fingerprint density at radius 3 is 2.71 bits per heavy atom. The van der Waals surface area contributed by atoms with Gasteiger partial charge in [0.05, 0.1) is 17.6 Å². The normalized spacial score (nSPS) is 21.1. The van der Waals surface area contributed by atoms with Crippen LogP contribution in [0.4, 0.5) is 27.8 Å². The van der Waals surface area contributed by atoms with Crippen molar-refractivity contribution in [3.63, 3.8) is 0 Å². The molecule has 4 rings (SSSR count). The third-order valence-electron chi connectivity index (χ3n) is 5.45. The van der Waals surface area contributed by atoms with Gasteiger partial charge >= 0.3 is 6.18 Å². The largest absolute Gasteiger partial charge is 0.421 e. The van der Waals surface area contributed by atoms with Crippen molar-refractivity contribution in [1.29, 1.82) is 0 Å². The van der Waals surface area contributed by atoms with Crippen LogP contribution in [0.25, 0.3) is 17.0 Å². The van der Waals surface area contributed by atoms with Crippen molar-refractivity contribution >= 4 is 11.5 Å². The van der Waals surface area contributed by atoms with Gasteiger partial charge in [-0.1, -0.05) is 12.1 Å². The van der Waals surface area contributed by atoms with Gasteiger partial charge in [0.1, 0.15) is 17.5 Å². The number of nitrogens with zero attached hydrogens (tertiary/aromatic N) is 3. The number of anilines is 1. The maximum atomic E-state index is 14.1. The standard InChI is InChI=1S/C20H20F5N5O/c1-18(31,20(23,24)25)12-5-6-17-27-9-14(30(17)11-12)13-3-2-4-16(28-13)29-15-10-26-8-7-19(15,21)22/h2-6,9,11,15,26,31H,7-8,10H2,1H3,(H,28,29). The van der Waals surface area contributed by atoms with E-state index >= 15 is 0 Å². The highest BCUT2D eigenvalue weighted by Gasteiger charge is 2.51. The molecule has 11 heteroatoms. The molecule has 0 aromatic carbocycles. The fraction of sp³-hybridized carbons (Fsp3) is 0.400. The molecule has 0 spiro atoms. The van der Waals surface area contributed by atoms with Gasteiger partial charge in [0, 0.05) is 31.3 Å². The molecule has 2 unspecified atom stereocenters. The summed E-state index contributed by atoms with van der Waals surface area (Å²) in [4.78, 5) is 8.51. The number of aromatic nitrogens is 3. The second-order valence-electron chi connectivity index (χ2n) is 7.68. The molecule has 3 N–H and O–H groups in total. The number of piperidine rings is 1. The Labute approximate surface area is 174 Å². The second kappa shape index (κ2) is 7.41. The lowest BCUT2D eigenvalue weighted by Gasteiger charge is -2.32. The molecule has 1 saturated heterocycles.